The van der Waals surface area contributed by atoms with Gasteiger partial charge in [-0.05, 0) is 76.1 Å². The number of likely N-dealkylation sites (N-methyl/N-ethyl adjacent to an activating group) is 1. The van der Waals surface area contributed by atoms with E-state index in [1.165, 1.54) is 17.7 Å². The number of fused-ring (bicyclic) bond motifs is 1. The average Bonchev–Trinajstić information content (AvgIpc) is 3.14. The minimum Gasteiger partial charge on any atom is -0.492 e. The van der Waals surface area contributed by atoms with Gasteiger partial charge in [0.15, 0.2) is 0 Å². The summed E-state index contributed by atoms with van der Waals surface area (Å²) in [6, 6.07) is 16.4. The highest BCUT2D eigenvalue weighted by molar-refractivity contribution is 5.62. The Hall–Kier alpha value is -3.58. The van der Waals surface area contributed by atoms with Crippen LogP contribution in [0.5, 0.6) is 17.2 Å². The van der Waals surface area contributed by atoms with Crippen LogP contribution in [-0.4, -0.2) is 42.2 Å². The Morgan fingerprint density at radius 3 is 2.30 bits per heavy atom. The van der Waals surface area contributed by atoms with E-state index in [0.717, 1.165) is 40.3 Å². The van der Waals surface area contributed by atoms with E-state index in [4.69, 9.17) is 14.2 Å². The lowest BCUT2D eigenvalue weighted by Gasteiger charge is -2.30. The zero-order valence-electron chi connectivity index (χ0n) is 22.5. The molecule has 0 spiro atoms. The van der Waals surface area contributed by atoms with E-state index in [2.05, 4.69) is 58.7 Å². The lowest BCUT2D eigenvalue weighted by atomic mass is 9.82. The van der Waals surface area contributed by atoms with Crippen molar-refractivity contribution in [2.75, 3.05) is 26.7 Å². The molecule has 0 aliphatic carbocycles. The number of hydrogen-bond acceptors (Lipinski definition) is 6. The lowest BCUT2D eigenvalue weighted by molar-refractivity contribution is -0.384. The van der Waals surface area contributed by atoms with Crippen molar-refractivity contribution in [1.82, 2.24) is 4.90 Å². The van der Waals surface area contributed by atoms with Gasteiger partial charge in [0.1, 0.15) is 36.1 Å². The number of non-ortho nitro benzene ring substituents is 1. The van der Waals surface area contributed by atoms with Gasteiger partial charge in [-0.1, -0.05) is 30.3 Å². The van der Waals surface area contributed by atoms with E-state index in [1.807, 2.05) is 18.2 Å². The number of nitrogens with zero attached hydrogens (tertiary/aromatic N) is 2. The Morgan fingerprint density at radius 1 is 0.973 bits per heavy atom. The molecule has 3 aromatic rings. The van der Waals surface area contributed by atoms with Gasteiger partial charge in [-0.2, -0.15) is 0 Å². The van der Waals surface area contributed by atoms with E-state index >= 15 is 0 Å². The monoisotopic (exact) mass is 504 g/mol. The topological polar surface area (TPSA) is 74.1 Å². The van der Waals surface area contributed by atoms with E-state index in [0.29, 0.717) is 25.5 Å². The van der Waals surface area contributed by atoms with Crippen LogP contribution in [0.25, 0.3) is 0 Å². The maximum Gasteiger partial charge on any atom is 0.269 e. The summed E-state index contributed by atoms with van der Waals surface area (Å²) in [6.45, 7) is 13.2. The number of ether oxygens (including phenoxy) is 3. The molecule has 3 aromatic carbocycles. The second-order valence-corrected chi connectivity index (χ2v) is 10.3. The van der Waals surface area contributed by atoms with Gasteiger partial charge in [0.05, 0.1) is 4.92 Å². The van der Waals surface area contributed by atoms with Gasteiger partial charge in [0.25, 0.3) is 5.69 Å². The molecule has 1 aliphatic heterocycles. The van der Waals surface area contributed by atoms with Gasteiger partial charge in [-0.3, -0.25) is 10.1 Å². The van der Waals surface area contributed by atoms with Crippen molar-refractivity contribution in [3.05, 3.63) is 92.5 Å². The van der Waals surface area contributed by atoms with Crippen LogP contribution in [-0.2, 0) is 6.61 Å². The smallest absolute Gasteiger partial charge is 0.269 e. The maximum absolute atomic E-state index is 10.8. The van der Waals surface area contributed by atoms with Gasteiger partial charge in [0.2, 0.25) is 0 Å². The Labute approximate surface area is 219 Å². The first-order valence-electron chi connectivity index (χ1n) is 12.6. The highest BCUT2D eigenvalue weighted by Crippen LogP contribution is 2.51. The molecule has 1 unspecified atom stereocenters. The molecule has 0 fully saturated rings. The molecule has 0 saturated carbocycles. The lowest BCUT2D eigenvalue weighted by Crippen LogP contribution is -2.38. The number of hydrogen-bond donors (Lipinski definition) is 0. The van der Waals surface area contributed by atoms with Gasteiger partial charge in [0, 0.05) is 36.7 Å². The van der Waals surface area contributed by atoms with Crippen molar-refractivity contribution in [3.8, 4) is 17.2 Å². The largest absolute Gasteiger partial charge is 0.492 e. The van der Waals surface area contributed by atoms with Crippen molar-refractivity contribution in [2.45, 2.75) is 52.7 Å². The van der Waals surface area contributed by atoms with E-state index in [9.17, 15) is 10.1 Å². The van der Waals surface area contributed by atoms with Gasteiger partial charge >= 0.3 is 0 Å². The standard InChI is InChI=1S/C30H36N2O5/c1-20-21(2)29-27(22(3)28(20)36-19-23-10-8-7-9-11-23)26(30(4,5)37-29)18-31(6)16-17-35-25-14-12-24(13-15-25)32(33)34/h7-15,26H,16-19H2,1-6H3. The molecule has 0 aromatic heterocycles. The molecule has 37 heavy (non-hydrogen) atoms. The van der Waals surface area contributed by atoms with E-state index in [-0.39, 0.29) is 17.2 Å². The molecule has 1 heterocycles. The SMILES string of the molecule is Cc1c(C)c2c(c(C)c1OCc1ccccc1)C(CN(C)CCOc1ccc([N+](=O)[O-])cc1)C(C)(C)O2. The molecule has 0 N–H and O–H groups in total. The van der Waals surface area contributed by atoms with Crippen molar-refractivity contribution in [3.63, 3.8) is 0 Å². The minimum atomic E-state index is -0.413. The predicted octanol–water partition coefficient (Wildman–Crippen LogP) is 6.36. The third-order valence-electron chi connectivity index (χ3n) is 7.30. The maximum atomic E-state index is 10.8. The van der Waals surface area contributed by atoms with Gasteiger partial charge < -0.3 is 19.1 Å². The number of nitro benzene ring substituents is 1. The normalized spacial score (nSPS) is 15.8. The van der Waals surface area contributed by atoms with Crippen LogP contribution in [0.3, 0.4) is 0 Å². The first-order valence-corrected chi connectivity index (χ1v) is 12.6. The molecule has 196 valence electrons. The molecule has 0 saturated heterocycles. The predicted molar refractivity (Wildman–Crippen MR) is 145 cm³/mol. The van der Waals surface area contributed by atoms with Crippen molar-refractivity contribution < 1.29 is 19.1 Å². The first-order chi connectivity index (χ1) is 17.6. The van der Waals surface area contributed by atoms with Crippen LogP contribution < -0.4 is 14.2 Å². The number of rotatable bonds is 10. The van der Waals surface area contributed by atoms with Crippen LogP contribution in [0.2, 0.25) is 0 Å². The van der Waals surface area contributed by atoms with Crippen LogP contribution in [0.4, 0.5) is 5.69 Å². The zero-order valence-corrected chi connectivity index (χ0v) is 22.5. The molecule has 4 rings (SSSR count). The van der Waals surface area contributed by atoms with E-state index in [1.54, 1.807) is 12.1 Å². The molecular weight excluding hydrogens is 468 g/mol. The molecule has 0 bridgehead atoms. The Balaban J connectivity index is 1.47. The average molecular weight is 505 g/mol. The molecule has 7 nitrogen and oxygen atoms in total. The minimum absolute atomic E-state index is 0.0552. The molecule has 0 amide bonds. The quantitative estimate of drug-likeness (QED) is 0.236. The fourth-order valence-corrected chi connectivity index (χ4v) is 4.99. The zero-order chi connectivity index (χ0) is 26.7. The molecule has 0 radical (unpaired) electrons. The Kier molecular flexibility index (Phi) is 7.73. The van der Waals surface area contributed by atoms with Crippen molar-refractivity contribution in [2.24, 2.45) is 0 Å². The van der Waals surface area contributed by atoms with Crippen molar-refractivity contribution >= 4 is 5.69 Å². The second kappa shape index (κ2) is 10.8. The third kappa shape index (κ3) is 5.72. The summed E-state index contributed by atoms with van der Waals surface area (Å²) in [5, 5.41) is 10.8. The molecule has 7 heteroatoms. The summed E-state index contributed by atoms with van der Waals surface area (Å²) in [6.07, 6.45) is 0. The number of benzene rings is 3. The van der Waals surface area contributed by atoms with Crippen molar-refractivity contribution in [1.29, 1.82) is 0 Å². The highest BCUT2D eigenvalue weighted by atomic mass is 16.6. The van der Waals surface area contributed by atoms with Crippen LogP contribution >= 0.6 is 0 Å². The summed E-state index contributed by atoms with van der Waals surface area (Å²) in [4.78, 5) is 12.7. The van der Waals surface area contributed by atoms with Crippen LogP contribution in [0.15, 0.2) is 54.6 Å². The fourth-order valence-electron chi connectivity index (χ4n) is 4.99. The highest BCUT2D eigenvalue weighted by Gasteiger charge is 2.44. The van der Waals surface area contributed by atoms with E-state index < -0.39 is 4.92 Å². The summed E-state index contributed by atoms with van der Waals surface area (Å²) in [5.74, 6) is 2.70. The summed E-state index contributed by atoms with van der Waals surface area (Å²) in [5.41, 5.74) is 5.44. The summed E-state index contributed by atoms with van der Waals surface area (Å²) >= 11 is 0. The summed E-state index contributed by atoms with van der Waals surface area (Å²) < 4.78 is 18.8. The number of nitro groups is 1. The van der Waals surface area contributed by atoms with Gasteiger partial charge in [-0.25, -0.2) is 0 Å². The molecule has 1 aliphatic rings. The molecular formula is C30H36N2O5. The summed E-state index contributed by atoms with van der Waals surface area (Å²) in [7, 11) is 2.08. The Bertz CT molecular complexity index is 1260. The Morgan fingerprint density at radius 2 is 1.65 bits per heavy atom. The third-order valence-corrected chi connectivity index (χ3v) is 7.30. The first kappa shape index (κ1) is 26.5. The molecule has 1 atom stereocenters. The van der Waals surface area contributed by atoms with Crippen LogP contribution in [0.1, 0.15) is 47.6 Å². The van der Waals surface area contributed by atoms with Gasteiger partial charge in [-0.15, -0.1) is 0 Å². The fraction of sp³-hybridized carbons (Fsp3) is 0.400. The van der Waals surface area contributed by atoms with Crippen LogP contribution in [0, 0.1) is 30.9 Å². The second-order valence-electron chi connectivity index (χ2n) is 10.3.